The van der Waals surface area contributed by atoms with E-state index in [0.29, 0.717) is 22.7 Å². The highest BCUT2D eigenvalue weighted by molar-refractivity contribution is 7.18. The Bertz CT molecular complexity index is 848. The molecule has 0 saturated heterocycles. The van der Waals surface area contributed by atoms with Gasteiger partial charge in [0.25, 0.3) is 5.56 Å². The van der Waals surface area contributed by atoms with Gasteiger partial charge in [-0.2, -0.15) is 4.68 Å². The molecule has 0 aliphatic heterocycles. The van der Waals surface area contributed by atoms with Gasteiger partial charge in [-0.1, -0.05) is 32.9 Å². The fraction of sp³-hybridized carbons (Fsp3) is 0.667. The third-order valence-electron chi connectivity index (χ3n) is 4.91. The van der Waals surface area contributed by atoms with E-state index in [9.17, 15) is 9.59 Å². The summed E-state index contributed by atoms with van der Waals surface area (Å²) in [5.74, 6) is 0.154. The standard InChI is InChI=1S/C18H25N3O3S/c1-5-8-24-14(22)10-21-17(23)15-12-7-6-11(18(2,3)4)9-13(12)25-16(15)19-20-21/h11H,5-10H2,1-4H3/t11-/m1/s1. The molecule has 1 atom stereocenters. The molecule has 0 aromatic carbocycles. The molecular weight excluding hydrogens is 338 g/mol. The van der Waals surface area contributed by atoms with Crippen molar-refractivity contribution in [2.24, 2.45) is 11.3 Å². The molecule has 3 rings (SSSR count). The zero-order chi connectivity index (χ0) is 18.2. The molecule has 0 spiro atoms. The van der Waals surface area contributed by atoms with Crippen LogP contribution in [0.2, 0.25) is 0 Å². The summed E-state index contributed by atoms with van der Waals surface area (Å²) in [4.78, 5) is 26.5. The van der Waals surface area contributed by atoms with Gasteiger partial charge in [0, 0.05) is 4.88 Å². The SMILES string of the molecule is CCCOC(=O)Cn1nnc2sc3c(c2c1=O)CC[C@@H](C(C)(C)C)C3. The van der Waals surface area contributed by atoms with Crippen LogP contribution in [0, 0.1) is 11.3 Å². The number of thiophene rings is 1. The molecule has 0 N–H and O–H groups in total. The number of carbonyl (C=O) groups excluding carboxylic acids is 1. The molecular formula is C18H25N3O3S. The van der Waals surface area contributed by atoms with Crippen LogP contribution in [0.1, 0.15) is 51.0 Å². The Hall–Kier alpha value is -1.76. The van der Waals surface area contributed by atoms with Gasteiger partial charge < -0.3 is 4.74 Å². The number of hydrogen-bond acceptors (Lipinski definition) is 6. The predicted molar refractivity (Wildman–Crippen MR) is 97.9 cm³/mol. The molecule has 6 nitrogen and oxygen atoms in total. The summed E-state index contributed by atoms with van der Waals surface area (Å²) < 4.78 is 6.17. The van der Waals surface area contributed by atoms with Gasteiger partial charge in [0.2, 0.25) is 0 Å². The van der Waals surface area contributed by atoms with E-state index in [4.69, 9.17) is 4.74 Å². The van der Waals surface area contributed by atoms with Crippen LogP contribution in [0.15, 0.2) is 4.79 Å². The lowest BCUT2D eigenvalue weighted by Gasteiger charge is -2.33. The van der Waals surface area contributed by atoms with Crippen molar-refractivity contribution < 1.29 is 9.53 Å². The summed E-state index contributed by atoms with van der Waals surface area (Å²) in [5, 5.41) is 8.76. The highest BCUT2D eigenvalue weighted by Gasteiger charge is 2.32. The van der Waals surface area contributed by atoms with Crippen LogP contribution < -0.4 is 5.56 Å². The third kappa shape index (κ3) is 3.61. The van der Waals surface area contributed by atoms with E-state index < -0.39 is 5.97 Å². The molecule has 0 fully saturated rings. The first-order chi connectivity index (χ1) is 11.8. The highest BCUT2D eigenvalue weighted by atomic mass is 32.1. The van der Waals surface area contributed by atoms with Gasteiger partial charge >= 0.3 is 5.97 Å². The molecule has 1 aliphatic rings. The maximum absolute atomic E-state index is 12.8. The van der Waals surface area contributed by atoms with Gasteiger partial charge in [-0.25, -0.2) is 0 Å². The van der Waals surface area contributed by atoms with Crippen LogP contribution >= 0.6 is 11.3 Å². The molecule has 0 amide bonds. The zero-order valence-corrected chi connectivity index (χ0v) is 16.1. The Morgan fingerprint density at radius 3 is 2.84 bits per heavy atom. The summed E-state index contributed by atoms with van der Waals surface area (Å²) in [6.45, 7) is 8.90. The minimum absolute atomic E-state index is 0.184. The quantitative estimate of drug-likeness (QED) is 0.781. The Labute approximate surface area is 151 Å². The second-order valence-electron chi connectivity index (χ2n) is 7.76. The largest absolute Gasteiger partial charge is 0.464 e. The van der Waals surface area contributed by atoms with Crippen molar-refractivity contribution in [1.29, 1.82) is 0 Å². The third-order valence-corrected chi connectivity index (χ3v) is 6.05. The van der Waals surface area contributed by atoms with Crippen molar-refractivity contribution >= 4 is 27.5 Å². The first kappa shape index (κ1) is 18.0. The van der Waals surface area contributed by atoms with Crippen molar-refractivity contribution in [1.82, 2.24) is 15.0 Å². The Balaban J connectivity index is 1.93. The number of aryl methyl sites for hydroxylation is 1. The number of carbonyl (C=O) groups is 1. The van der Waals surface area contributed by atoms with Crippen LogP contribution in [0.4, 0.5) is 0 Å². The molecule has 2 heterocycles. The van der Waals surface area contributed by atoms with Crippen molar-refractivity contribution in [2.45, 2.75) is 59.9 Å². The lowest BCUT2D eigenvalue weighted by atomic mass is 9.72. The first-order valence-electron chi connectivity index (χ1n) is 8.85. The van der Waals surface area contributed by atoms with Crippen molar-refractivity contribution in [3.05, 3.63) is 20.8 Å². The summed E-state index contributed by atoms with van der Waals surface area (Å²) in [6.07, 6.45) is 3.69. The highest BCUT2D eigenvalue weighted by Crippen LogP contribution is 2.41. The van der Waals surface area contributed by atoms with Crippen molar-refractivity contribution in [3.63, 3.8) is 0 Å². The van der Waals surface area contributed by atoms with Gasteiger partial charge in [0.15, 0.2) is 4.83 Å². The van der Waals surface area contributed by atoms with E-state index in [-0.39, 0.29) is 17.5 Å². The number of ether oxygens (including phenoxy) is 1. The number of aromatic nitrogens is 3. The van der Waals surface area contributed by atoms with Crippen molar-refractivity contribution in [2.75, 3.05) is 6.61 Å². The van der Waals surface area contributed by atoms with E-state index >= 15 is 0 Å². The Morgan fingerprint density at radius 2 is 2.16 bits per heavy atom. The Morgan fingerprint density at radius 1 is 1.40 bits per heavy atom. The molecule has 0 unspecified atom stereocenters. The summed E-state index contributed by atoms with van der Waals surface area (Å²) in [7, 11) is 0. The molecule has 2 aromatic rings. The maximum atomic E-state index is 12.8. The fourth-order valence-corrected chi connectivity index (χ4v) is 4.59. The van der Waals surface area contributed by atoms with Crippen LogP contribution in [0.5, 0.6) is 0 Å². The second-order valence-corrected chi connectivity index (χ2v) is 8.85. The first-order valence-corrected chi connectivity index (χ1v) is 9.66. The van der Waals surface area contributed by atoms with Crippen LogP contribution in [-0.2, 0) is 28.9 Å². The molecule has 7 heteroatoms. The van der Waals surface area contributed by atoms with Gasteiger partial charge in [0.05, 0.1) is 12.0 Å². The molecule has 136 valence electrons. The minimum atomic E-state index is -0.450. The summed E-state index contributed by atoms with van der Waals surface area (Å²) in [5.41, 5.74) is 1.13. The molecule has 0 radical (unpaired) electrons. The minimum Gasteiger partial charge on any atom is -0.464 e. The fourth-order valence-electron chi connectivity index (χ4n) is 3.35. The lowest BCUT2D eigenvalue weighted by molar-refractivity contribution is -0.144. The van der Waals surface area contributed by atoms with Gasteiger partial charge in [-0.05, 0) is 42.6 Å². The second kappa shape index (κ2) is 6.86. The molecule has 1 aliphatic carbocycles. The van der Waals surface area contributed by atoms with Gasteiger partial charge in [-0.15, -0.1) is 16.4 Å². The van der Waals surface area contributed by atoms with E-state index in [1.807, 2.05) is 6.92 Å². The predicted octanol–water partition coefficient (Wildman–Crippen LogP) is 2.96. The Kier molecular flexibility index (Phi) is 4.95. The molecule has 25 heavy (non-hydrogen) atoms. The summed E-state index contributed by atoms with van der Waals surface area (Å²) in [6, 6.07) is 0. The van der Waals surface area contributed by atoms with Gasteiger partial charge in [-0.3, -0.25) is 9.59 Å². The number of fused-ring (bicyclic) bond motifs is 3. The van der Waals surface area contributed by atoms with E-state index in [0.717, 1.165) is 35.9 Å². The zero-order valence-electron chi connectivity index (χ0n) is 15.3. The number of hydrogen-bond donors (Lipinski definition) is 0. The number of rotatable bonds is 4. The summed E-state index contributed by atoms with van der Waals surface area (Å²) >= 11 is 1.57. The van der Waals surface area contributed by atoms with Crippen molar-refractivity contribution in [3.8, 4) is 0 Å². The normalized spacial score (nSPS) is 17.5. The van der Waals surface area contributed by atoms with E-state index in [1.54, 1.807) is 11.3 Å². The van der Waals surface area contributed by atoms with Crippen LogP contribution in [0.25, 0.3) is 10.2 Å². The van der Waals surface area contributed by atoms with E-state index in [1.165, 1.54) is 4.88 Å². The van der Waals surface area contributed by atoms with Crippen LogP contribution in [0.3, 0.4) is 0 Å². The smallest absolute Gasteiger partial charge is 0.327 e. The van der Waals surface area contributed by atoms with Crippen LogP contribution in [-0.4, -0.2) is 27.6 Å². The average Bonchev–Trinajstić information content (AvgIpc) is 2.93. The molecule has 0 saturated carbocycles. The topological polar surface area (TPSA) is 74.1 Å². The van der Waals surface area contributed by atoms with E-state index in [2.05, 4.69) is 31.1 Å². The number of nitrogens with zero attached hydrogens (tertiary/aromatic N) is 3. The van der Waals surface area contributed by atoms with Gasteiger partial charge in [0.1, 0.15) is 6.54 Å². The maximum Gasteiger partial charge on any atom is 0.327 e. The molecule has 2 aromatic heterocycles. The monoisotopic (exact) mass is 363 g/mol. The molecule has 0 bridgehead atoms. The number of esters is 1. The lowest BCUT2D eigenvalue weighted by Crippen LogP contribution is -2.30. The average molecular weight is 363 g/mol.